The van der Waals surface area contributed by atoms with E-state index in [0.717, 1.165) is 0 Å². The summed E-state index contributed by atoms with van der Waals surface area (Å²) in [5.74, 6) is -1.67. The van der Waals surface area contributed by atoms with Crippen LogP contribution in [0.15, 0.2) is 48.5 Å². The number of rotatable bonds is 5. The third kappa shape index (κ3) is 4.97. The molecule has 1 atom stereocenters. The van der Waals surface area contributed by atoms with Crippen LogP contribution in [-0.2, 0) is 9.53 Å². The molecule has 8 heteroatoms. The molecule has 0 fully saturated rings. The van der Waals surface area contributed by atoms with E-state index < -0.39 is 24.0 Å². The number of halogens is 2. The maximum atomic E-state index is 12.5. The molecule has 0 spiro atoms. The van der Waals surface area contributed by atoms with Crippen molar-refractivity contribution in [2.24, 2.45) is 0 Å². The predicted octanol–water partition coefficient (Wildman–Crippen LogP) is 3.74. The summed E-state index contributed by atoms with van der Waals surface area (Å²) in [5.41, 5.74) is 0.341. The van der Waals surface area contributed by atoms with Gasteiger partial charge in [0, 0.05) is 12.1 Å². The van der Waals surface area contributed by atoms with E-state index in [1.54, 1.807) is 43.3 Å². The number of ether oxygens (including phenoxy) is 1. The summed E-state index contributed by atoms with van der Waals surface area (Å²) in [4.78, 5) is 36.6. The first-order chi connectivity index (χ1) is 12.4. The second kappa shape index (κ2) is 9.22. The normalized spacial score (nSPS) is 11.3. The molecule has 0 heterocycles. The van der Waals surface area contributed by atoms with Crippen LogP contribution in [0.1, 0.15) is 28.9 Å². The zero-order valence-corrected chi connectivity index (χ0v) is 15.3. The zero-order chi connectivity index (χ0) is 19.1. The summed E-state index contributed by atoms with van der Waals surface area (Å²) < 4.78 is 5.33. The van der Waals surface area contributed by atoms with Gasteiger partial charge in [-0.15, -0.1) is 0 Å². The van der Waals surface area contributed by atoms with Gasteiger partial charge in [0.05, 0.1) is 15.6 Å². The van der Waals surface area contributed by atoms with Gasteiger partial charge in [-0.1, -0.05) is 59.6 Å². The van der Waals surface area contributed by atoms with Crippen LogP contribution in [0.25, 0.3) is 0 Å². The molecule has 0 radical (unpaired) electrons. The second-order valence-electron chi connectivity index (χ2n) is 5.14. The van der Waals surface area contributed by atoms with Gasteiger partial charge in [-0.05, 0) is 19.1 Å². The minimum atomic E-state index is -1.35. The molecule has 0 aliphatic heterocycles. The Morgan fingerprint density at radius 3 is 2.19 bits per heavy atom. The molecule has 2 aromatic carbocycles. The number of nitrogens with one attached hydrogen (secondary N) is 2. The fourth-order valence-electron chi connectivity index (χ4n) is 2.14. The van der Waals surface area contributed by atoms with Crippen molar-refractivity contribution >= 4 is 41.1 Å². The number of esters is 1. The first-order valence-electron chi connectivity index (χ1n) is 7.72. The lowest BCUT2D eigenvalue weighted by molar-refractivity contribution is -0.129. The molecule has 0 bridgehead atoms. The molecule has 2 aromatic rings. The molecule has 0 saturated carbocycles. The van der Waals surface area contributed by atoms with Crippen LogP contribution >= 0.6 is 23.2 Å². The second-order valence-corrected chi connectivity index (χ2v) is 5.96. The smallest absolute Gasteiger partial charge is 0.342 e. The van der Waals surface area contributed by atoms with Crippen molar-refractivity contribution < 1.29 is 19.1 Å². The summed E-state index contributed by atoms with van der Waals surface area (Å²) in [7, 11) is 0. The minimum absolute atomic E-state index is 0.0532. The lowest BCUT2D eigenvalue weighted by Gasteiger charge is -2.18. The molecular weight excluding hydrogens is 379 g/mol. The first kappa shape index (κ1) is 19.8. The van der Waals surface area contributed by atoms with Crippen LogP contribution in [-0.4, -0.2) is 24.5 Å². The maximum Gasteiger partial charge on any atom is 0.342 e. The van der Waals surface area contributed by atoms with E-state index in [-0.39, 0.29) is 15.6 Å². The van der Waals surface area contributed by atoms with E-state index >= 15 is 0 Å². The Hall–Kier alpha value is -2.57. The van der Waals surface area contributed by atoms with Crippen LogP contribution < -0.4 is 10.6 Å². The Morgan fingerprint density at radius 1 is 1.00 bits per heavy atom. The van der Waals surface area contributed by atoms with E-state index in [1.807, 2.05) is 0 Å². The number of carbonyl (C=O) groups is 3. The molecular formula is C18H16Cl2N2O4. The van der Waals surface area contributed by atoms with Gasteiger partial charge in [-0.25, -0.2) is 9.59 Å². The van der Waals surface area contributed by atoms with Crippen LogP contribution in [0.2, 0.25) is 10.0 Å². The Balaban J connectivity index is 2.28. The average Bonchev–Trinajstić information content (AvgIpc) is 2.60. The zero-order valence-electron chi connectivity index (χ0n) is 13.8. The molecule has 3 amide bonds. The molecule has 6 nitrogen and oxygen atoms in total. The SMILES string of the molecule is CCNC(=O)NC(=O)[C@@H](OC(=O)c1c(Cl)cccc1Cl)c1ccccc1. The number of benzene rings is 2. The summed E-state index contributed by atoms with van der Waals surface area (Å²) in [6.45, 7) is 2.04. The Kier molecular flexibility index (Phi) is 7.00. The van der Waals surface area contributed by atoms with Gasteiger partial charge in [0.2, 0.25) is 6.10 Å². The summed E-state index contributed by atoms with van der Waals surface area (Å²) in [6, 6.07) is 12.2. The van der Waals surface area contributed by atoms with E-state index in [1.165, 1.54) is 12.1 Å². The fourth-order valence-corrected chi connectivity index (χ4v) is 2.69. The molecule has 0 unspecified atom stereocenters. The Labute approximate surface area is 160 Å². The number of amides is 3. The van der Waals surface area contributed by atoms with E-state index in [9.17, 15) is 14.4 Å². The van der Waals surface area contributed by atoms with Crippen LogP contribution in [0.4, 0.5) is 4.79 Å². The van der Waals surface area contributed by atoms with Gasteiger partial charge in [-0.2, -0.15) is 0 Å². The van der Waals surface area contributed by atoms with Gasteiger partial charge in [0.1, 0.15) is 0 Å². The van der Waals surface area contributed by atoms with Gasteiger partial charge in [0.25, 0.3) is 5.91 Å². The van der Waals surface area contributed by atoms with Gasteiger partial charge in [-0.3, -0.25) is 10.1 Å². The maximum absolute atomic E-state index is 12.5. The standard InChI is InChI=1S/C18H16Cl2N2O4/c1-2-21-18(25)22-16(23)15(11-7-4-3-5-8-11)26-17(24)14-12(19)9-6-10-13(14)20/h3-10,15H,2H2,1H3,(H2,21,22,23,25)/t15-/m0/s1. The molecule has 0 saturated heterocycles. The Morgan fingerprint density at radius 2 is 1.62 bits per heavy atom. The third-order valence-electron chi connectivity index (χ3n) is 3.31. The highest BCUT2D eigenvalue weighted by molar-refractivity contribution is 6.39. The summed E-state index contributed by atoms with van der Waals surface area (Å²) >= 11 is 12.0. The third-order valence-corrected chi connectivity index (χ3v) is 3.94. The van der Waals surface area contributed by atoms with Gasteiger partial charge >= 0.3 is 12.0 Å². The highest BCUT2D eigenvalue weighted by Crippen LogP contribution is 2.27. The molecule has 2 N–H and O–H groups in total. The van der Waals surface area contributed by atoms with Crippen molar-refractivity contribution in [1.29, 1.82) is 0 Å². The highest BCUT2D eigenvalue weighted by Gasteiger charge is 2.28. The quantitative estimate of drug-likeness (QED) is 0.756. The number of hydrogen-bond acceptors (Lipinski definition) is 4. The van der Waals surface area contributed by atoms with Crippen molar-refractivity contribution in [3.63, 3.8) is 0 Å². The van der Waals surface area contributed by atoms with Crippen molar-refractivity contribution in [3.8, 4) is 0 Å². The summed E-state index contributed by atoms with van der Waals surface area (Å²) in [6.07, 6.45) is -1.35. The molecule has 0 aliphatic carbocycles. The van der Waals surface area contributed by atoms with Crippen molar-refractivity contribution in [1.82, 2.24) is 10.6 Å². The van der Waals surface area contributed by atoms with E-state index in [0.29, 0.717) is 12.1 Å². The van der Waals surface area contributed by atoms with Crippen molar-refractivity contribution in [2.75, 3.05) is 6.54 Å². The monoisotopic (exact) mass is 394 g/mol. The first-order valence-corrected chi connectivity index (χ1v) is 8.48. The molecule has 2 rings (SSSR count). The minimum Gasteiger partial charge on any atom is -0.444 e. The van der Waals surface area contributed by atoms with E-state index in [4.69, 9.17) is 27.9 Å². The van der Waals surface area contributed by atoms with E-state index in [2.05, 4.69) is 10.6 Å². The number of urea groups is 1. The molecule has 0 aliphatic rings. The molecule has 26 heavy (non-hydrogen) atoms. The van der Waals surface area contributed by atoms with Crippen LogP contribution in [0.3, 0.4) is 0 Å². The highest BCUT2D eigenvalue weighted by atomic mass is 35.5. The van der Waals surface area contributed by atoms with Gasteiger partial charge in [0.15, 0.2) is 0 Å². The fraction of sp³-hybridized carbons (Fsp3) is 0.167. The van der Waals surface area contributed by atoms with Crippen molar-refractivity contribution in [3.05, 3.63) is 69.7 Å². The number of hydrogen-bond donors (Lipinski definition) is 2. The number of imide groups is 1. The van der Waals surface area contributed by atoms with Gasteiger partial charge < -0.3 is 10.1 Å². The lowest BCUT2D eigenvalue weighted by Crippen LogP contribution is -2.42. The van der Waals surface area contributed by atoms with Crippen molar-refractivity contribution in [2.45, 2.75) is 13.0 Å². The topological polar surface area (TPSA) is 84.5 Å². The molecule has 0 aromatic heterocycles. The molecule has 136 valence electrons. The van der Waals surface area contributed by atoms with Crippen LogP contribution in [0.5, 0.6) is 0 Å². The lowest BCUT2D eigenvalue weighted by atomic mass is 10.1. The predicted molar refractivity (Wildman–Crippen MR) is 98.3 cm³/mol. The number of carbonyl (C=O) groups excluding carboxylic acids is 3. The average molecular weight is 395 g/mol. The Bertz CT molecular complexity index is 792. The summed E-state index contributed by atoms with van der Waals surface area (Å²) in [5, 5.41) is 4.76. The largest absolute Gasteiger partial charge is 0.444 e. The van der Waals surface area contributed by atoms with Crippen LogP contribution in [0, 0.1) is 0 Å².